The van der Waals surface area contributed by atoms with Gasteiger partial charge in [0.25, 0.3) is 0 Å². The van der Waals surface area contributed by atoms with Crippen molar-refractivity contribution in [3.63, 3.8) is 0 Å². The van der Waals surface area contributed by atoms with Crippen molar-refractivity contribution in [2.45, 2.75) is 43.9 Å². The number of methoxy groups -OCH3 is 1. The normalized spacial score (nSPS) is 28.8. The molecule has 1 saturated heterocycles. The van der Waals surface area contributed by atoms with E-state index in [2.05, 4.69) is 9.72 Å². The van der Waals surface area contributed by atoms with Gasteiger partial charge >= 0.3 is 6.18 Å². The highest BCUT2D eigenvalue weighted by Gasteiger charge is 2.51. The lowest BCUT2D eigenvalue weighted by Crippen LogP contribution is -2.45. The van der Waals surface area contributed by atoms with Crippen molar-refractivity contribution in [1.29, 1.82) is 0 Å². The molecule has 0 bridgehead atoms. The fraction of sp³-hybridized carbons (Fsp3) is 0.667. The predicted octanol–water partition coefficient (Wildman–Crippen LogP) is 2.70. The molecule has 1 aliphatic carbocycles. The van der Waals surface area contributed by atoms with Crippen LogP contribution in [0.4, 0.5) is 18.9 Å². The summed E-state index contributed by atoms with van der Waals surface area (Å²) in [4.78, 5) is 18.5. The number of nitrogens with zero attached hydrogens (tertiary/aromatic N) is 2. The van der Waals surface area contributed by atoms with Gasteiger partial charge in [0.1, 0.15) is 0 Å². The SMILES string of the molecule is COCC1(O)CCC2(CCN(c3ccc(OCC(F)(F)F)nc3)C2=O)CC1. The monoisotopic (exact) mass is 388 g/mol. The molecule has 1 amide bonds. The Labute approximate surface area is 155 Å². The van der Waals surface area contributed by atoms with E-state index in [1.165, 1.54) is 12.3 Å². The number of aromatic nitrogens is 1. The highest BCUT2D eigenvalue weighted by atomic mass is 19.4. The lowest BCUT2D eigenvalue weighted by Gasteiger charge is -2.40. The first-order valence-electron chi connectivity index (χ1n) is 8.85. The van der Waals surface area contributed by atoms with Gasteiger partial charge in [-0.05, 0) is 38.2 Å². The van der Waals surface area contributed by atoms with Crippen LogP contribution in [-0.2, 0) is 9.53 Å². The van der Waals surface area contributed by atoms with Crippen LogP contribution in [-0.4, -0.2) is 54.6 Å². The van der Waals surface area contributed by atoms with Crippen LogP contribution in [0, 0.1) is 5.41 Å². The van der Waals surface area contributed by atoms with E-state index in [0.717, 1.165) is 0 Å². The molecule has 1 saturated carbocycles. The number of carbonyl (C=O) groups excluding carboxylic acids is 1. The maximum atomic E-state index is 13.0. The number of aliphatic hydroxyl groups is 1. The summed E-state index contributed by atoms with van der Waals surface area (Å²) >= 11 is 0. The molecular formula is C18H23F3N2O4. The first kappa shape index (κ1) is 19.9. The first-order chi connectivity index (χ1) is 12.7. The van der Waals surface area contributed by atoms with Crippen LogP contribution in [0.25, 0.3) is 0 Å². The molecule has 150 valence electrons. The van der Waals surface area contributed by atoms with E-state index >= 15 is 0 Å². The van der Waals surface area contributed by atoms with E-state index in [-0.39, 0.29) is 18.4 Å². The maximum absolute atomic E-state index is 13.0. The van der Waals surface area contributed by atoms with Gasteiger partial charge in [-0.3, -0.25) is 4.79 Å². The predicted molar refractivity (Wildman–Crippen MR) is 90.5 cm³/mol. The van der Waals surface area contributed by atoms with Gasteiger partial charge in [0.05, 0.1) is 29.5 Å². The summed E-state index contributed by atoms with van der Waals surface area (Å²) in [6.45, 7) is -0.633. The smallest absolute Gasteiger partial charge is 0.422 e. The minimum absolute atomic E-state index is 0.0206. The summed E-state index contributed by atoms with van der Waals surface area (Å²) in [6, 6.07) is 2.87. The fourth-order valence-corrected chi connectivity index (χ4v) is 3.91. The molecule has 1 aromatic heterocycles. The van der Waals surface area contributed by atoms with Crippen molar-refractivity contribution in [2.24, 2.45) is 5.41 Å². The van der Waals surface area contributed by atoms with Gasteiger partial charge in [0.2, 0.25) is 11.8 Å². The van der Waals surface area contributed by atoms with Crippen LogP contribution >= 0.6 is 0 Å². The second-order valence-electron chi connectivity index (χ2n) is 7.40. The Bertz CT molecular complexity index is 670. The number of anilines is 1. The molecule has 2 heterocycles. The van der Waals surface area contributed by atoms with Gasteiger partial charge in [0.15, 0.2) is 6.61 Å². The Morgan fingerprint density at radius 1 is 1.22 bits per heavy atom. The highest BCUT2D eigenvalue weighted by Crippen LogP contribution is 2.48. The summed E-state index contributed by atoms with van der Waals surface area (Å²) in [5, 5.41) is 10.5. The largest absolute Gasteiger partial charge is 0.468 e. The minimum Gasteiger partial charge on any atom is -0.468 e. The molecule has 0 atom stereocenters. The molecule has 27 heavy (non-hydrogen) atoms. The Kier molecular flexibility index (Phi) is 5.36. The molecule has 9 heteroatoms. The van der Waals surface area contributed by atoms with Crippen molar-refractivity contribution in [3.8, 4) is 5.88 Å². The lowest BCUT2D eigenvalue weighted by atomic mass is 9.68. The quantitative estimate of drug-likeness (QED) is 0.840. The number of halogens is 3. The maximum Gasteiger partial charge on any atom is 0.422 e. The van der Waals surface area contributed by atoms with Crippen molar-refractivity contribution in [2.75, 3.05) is 31.8 Å². The molecular weight excluding hydrogens is 365 g/mol. The van der Waals surface area contributed by atoms with Gasteiger partial charge in [0, 0.05) is 19.7 Å². The van der Waals surface area contributed by atoms with E-state index in [1.807, 2.05) is 0 Å². The van der Waals surface area contributed by atoms with Gasteiger partial charge in [-0.15, -0.1) is 0 Å². The number of carbonyl (C=O) groups is 1. The third kappa shape index (κ3) is 4.35. The van der Waals surface area contributed by atoms with Crippen LogP contribution in [0.1, 0.15) is 32.1 Å². The van der Waals surface area contributed by atoms with E-state index in [1.54, 1.807) is 18.1 Å². The van der Waals surface area contributed by atoms with Crippen LogP contribution in [0.2, 0.25) is 0 Å². The zero-order valence-corrected chi connectivity index (χ0v) is 15.1. The summed E-state index contributed by atoms with van der Waals surface area (Å²) in [6.07, 6.45) is -0.214. The molecule has 1 aromatic rings. The van der Waals surface area contributed by atoms with Gasteiger partial charge in [-0.2, -0.15) is 13.2 Å². The third-order valence-electron chi connectivity index (χ3n) is 5.48. The van der Waals surface area contributed by atoms with Gasteiger partial charge in [-0.1, -0.05) is 0 Å². The Balaban J connectivity index is 1.64. The van der Waals surface area contributed by atoms with E-state index in [0.29, 0.717) is 44.3 Å². The van der Waals surface area contributed by atoms with Gasteiger partial charge < -0.3 is 19.5 Å². The van der Waals surface area contributed by atoms with Crippen LogP contribution < -0.4 is 9.64 Å². The summed E-state index contributed by atoms with van der Waals surface area (Å²) < 4.78 is 46.2. The summed E-state index contributed by atoms with van der Waals surface area (Å²) in [7, 11) is 1.54. The van der Waals surface area contributed by atoms with E-state index in [4.69, 9.17) is 4.74 Å². The molecule has 0 unspecified atom stereocenters. The zero-order chi connectivity index (χ0) is 19.7. The molecule has 0 aromatic carbocycles. The molecule has 1 aliphatic heterocycles. The number of alkyl halides is 3. The third-order valence-corrected chi connectivity index (χ3v) is 5.48. The lowest BCUT2D eigenvalue weighted by molar-refractivity contribution is -0.154. The van der Waals surface area contributed by atoms with Crippen molar-refractivity contribution in [1.82, 2.24) is 4.98 Å². The average Bonchev–Trinajstić information content (AvgIpc) is 2.93. The second-order valence-corrected chi connectivity index (χ2v) is 7.40. The highest BCUT2D eigenvalue weighted by molar-refractivity contribution is 5.99. The number of pyridine rings is 1. The summed E-state index contributed by atoms with van der Waals surface area (Å²) in [5.41, 5.74) is -0.841. The molecule has 2 fully saturated rings. The second kappa shape index (κ2) is 7.27. The number of amides is 1. The first-order valence-corrected chi connectivity index (χ1v) is 8.85. The summed E-state index contributed by atoms with van der Waals surface area (Å²) in [5.74, 6) is -0.160. The standard InChI is InChI=1S/C18H23F3N2O4/c1-26-11-17(25)6-4-16(5-7-17)8-9-23(15(16)24)13-2-3-14(22-10-13)27-12-18(19,20)21/h2-3,10,25H,4-9,11-12H2,1H3. The van der Waals surface area contributed by atoms with E-state index < -0.39 is 23.8 Å². The van der Waals surface area contributed by atoms with Crippen molar-refractivity contribution in [3.05, 3.63) is 18.3 Å². The zero-order valence-electron chi connectivity index (χ0n) is 15.1. The Morgan fingerprint density at radius 2 is 1.93 bits per heavy atom. The molecule has 3 rings (SSSR count). The van der Waals surface area contributed by atoms with Gasteiger partial charge in [-0.25, -0.2) is 4.98 Å². The molecule has 2 aliphatic rings. The number of rotatable bonds is 5. The molecule has 6 nitrogen and oxygen atoms in total. The van der Waals surface area contributed by atoms with Crippen LogP contribution in [0.3, 0.4) is 0 Å². The fourth-order valence-electron chi connectivity index (χ4n) is 3.91. The topological polar surface area (TPSA) is 71.9 Å². The van der Waals surface area contributed by atoms with E-state index in [9.17, 15) is 23.1 Å². The molecule has 1 spiro atoms. The number of ether oxygens (including phenoxy) is 2. The number of hydrogen-bond donors (Lipinski definition) is 1. The average molecular weight is 388 g/mol. The Hall–Kier alpha value is -1.87. The molecule has 1 N–H and O–H groups in total. The Morgan fingerprint density at radius 3 is 2.48 bits per heavy atom. The number of hydrogen-bond acceptors (Lipinski definition) is 5. The van der Waals surface area contributed by atoms with Crippen LogP contribution in [0.5, 0.6) is 5.88 Å². The minimum atomic E-state index is -4.43. The molecule has 0 radical (unpaired) electrons. The van der Waals surface area contributed by atoms with Crippen molar-refractivity contribution >= 4 is 11.6 Å². The van der Waals surface area contributed by atoms with Crippen molar-refractivity contribution < 1.29 is 32.5 Å². The van der Waals surface area contributed by atoms with Crippen LogP contribution in [0.15, 0.2) is 18.3 Å².